The molecule has 0 saturated carbocycles. The Hall–Kier alpha value is -1.52. The standard InChI is InChI=1S/C18H34N4O/c1-2-3-4-5-6-7-8-9-10-11-12-13-15-19-18(23)21-22-17-14-16-20-22/h14,16-17H,2-13,15H2,1H3,(H2,19,21,23). The van der Waals surface area contributed by atoms with E-state index in [1.807, 2.05) is 0 Å². The molecular formula is C18H34N4O. The molecule has 0 unspecified atom stereocenters. The zero-order chi connectivity index (χ0) is 16.6. The minimum absolute atomic E-state index is 0.197. The fourth-order valence-electron chi connectivity index (χ4n) is 2.65. The molecule has 2 N–H and O–H groups in total. The van der Waals surface area contributed by atoms with E-state index in [0.29, 0.717) is 0 Å². The molecule has 0 aliphatic carbocycles. The van der Waals surface area contributed by atoms with Gasteiger partial charge in [-0.05, 0) is 12.5 Å². The number of urea groups is 1. The number of rotatable bonds is 14. The number of hydrogen-bond donors (Lipinski definition) is 2. The zero-order valence-corrected chi connectivity index (χ0v) is 14.7. The van der Waals surface area contributed by atoms with Crippen molar-refractivity contribution in [3.63, 3.8) is 0 Å². The quantitative estimate of drug-likeness (QED) is 0.482. The molecule has 1 rings (SSSR count). The summed E-state index contributed by atoms with van der Waals surface area (Å²) in [5.74, 6) is 0. The van der Waals surface area contributed by atoms with Gasteiger partial charge in [-0.1, -0.05) is 77.6 Å². The summed E-state index contributed by atoms with van der Waals surface area (Å²) < 4.78 is 0. The van der Waals surface area contributed by atoms with E-state index in [1.54, 1.807) is 18.5 Å². The van der Waals surface area contributed by atoms with Gasteiger partial charge in [-0.15, -0.1) is 0 Å². The van der Waals surface area contributed by atoms with E-state index in [4.69, 9.17) is 0 Å². The highest BCUT2D eigenvalue weighted by atomic mass is 16.2. The van der Waals surface area contributed by atoms with Gasteiger partial charge in [-0.25, -0.2) is 10.2 Å². The molecule has 0 saturated heterocycles. The minimum Gasteiger partial charge on any atom is -0.337 e. The molecule has 23 heavy (non-hydrogen) atoms. The molecule has 5 heteroatoms. The molecule has 5 nitrogen and oxygen atoms in total. The summed E-state index contributed by atoms with van der Waals surface area (Å²) in [6.07, 6.45) is 19.3. The van der Waals surface area contributed by atoms with E-state index in [9.17, 15) is 4.79 Å². The molecule has 0 aliphatic heterocycles. The Balaban J connectivity index is 1.77. The molecule has 1 aromatic rings. The number of unbranched alkanes of at least 4 members (excludes halogenated alkanes) is 11. The third-order valence-electron chi connectivity index (χ3n) is 4.04. The van der Waals surface area contributed by atoms with Gasteiger partial charge in [0.15, 0.2) is 0 Å². The van der Waals surface area contributed by atoms with Gasteiger partial charge in [0.1, 0.15) is 0 Å². The highest BCUT2D eigenvalue weighted by Gasteiger charge is 1.99. The molecular weight excluding hydrogens is 288 g/mol. The highest BCUT2D eigenvalue weighted by Crippen LogP contribution is 2.11. The molecule has 1 heterocycles. The van der Waals surface area contributed by atoms with Gasteiger partial charge >= 0.3 is 6.03 Å². The summed E-state index contributed by atoms with van der Waals surface area (Å²) in [6.45, 7) is 2.99. The summed E-state index contributed by atoms with van der Waals surface area (Å²) >= 11 is 0. The van der Waals surface area contributed by atoms with Crippen LogP contribution in [0.25, 0.3) is 0 Å². The monoisotopic (exact) mass is 322 g/mol. The smallest absolute Gasteiger partial charge is 0.335 e. The van der Waals surface area contributed by atoms with Crippen molar-refractivity contribution in [3.05, 3.63) is 18.5 Å². The first-order chi connectivity index (χ1) is 11.3. The molecule has 1 aromatic heterocycles. The lowest BCUT2D eigenvalue weighted by molar-refractivity contribution is 0.248. The van der Waals surface area contributed by atoms with Crippen LogP contribution in [0.4, 0.5) is 4.79 Å². The topological polar surface area (TPSA) is 59.0 Å². The van der Waals surface area contributed by atoms with Crippen LogP contribution in [0.3, 0.4) is 0 Å². The van der Waals surface area contributed by atoms with E-state index < -0.39 is 0 Å². The van der Waals surface area contributed by atoms with Crippen LogP contribution in [0.5, 0.6) is 0 Å². The number of carbonyl (C=O) groups excluding carboxylic acids is 1. The fraction of sp³-hybridized carbons (Fsp3) is 0.778. The lowest BCUT2D eigenvalue weighted by Crippen LogP contribution is -2.34. The number of nitrogens with zero attached hydrogens (tertiary/aromatic N) is 2. The first kappa shape index (κ1) is 19.5. The van der Waals surface area contributed by atoms with Crippen LogP contribution in [0.1, 0.15) is 84.0 Å². The zero-order valence-electron chi connectivity index (χ0n) is 14.7. The van der Waals surface area contributed by atoms with Gasteiger partial charge in [-0.3, -0.25) is 0 Å². The van der Waals surface area contributed by atoms with Crippen molar-refractivity contribution in [3.8, 4) is 0 Å². The van der Waals surface area contributed by atoms with E-state index in [0.717, 1.165) is 13.0 Å². The summed E-state index contributed by atoms with van der Waals surface area (Å²) in [7, 11) is 0. The number of hydrogen-bond acceptors (Lipinski definition) is 2. The van der Waals surface area contributed by atoms with Gasteiger partial charge in [0, 0.05) is 12.7 Å². The Labute approximate surface area is 141 Å². The molecule has 2 amide bonds. The van der Waals surface area contributed by atoms with Crippen LogP contribution in [-0.2, 0) is 0 Å². The normalized spacial score (nSPS) is 10.7. The van der Waals surface area contributed by atoms with Crippen molar-refractivity contribution < 1.29 is 4.79 Å². The van der Waals surface area contributed by atoms with Crippen LogP contribution in [0.2, 0.25) is 0 Å². The summed E-state index contributed by atoms with van der Waals surface area (Å²) in [6, 6.07) is 1.57. The second-order valence-corrected chi connectivity index (χ2v) is 6.21. The molecule has 0 aliphatic rings. The largest absolute Gasteiger partial charge is 0.337 e. The van der Waals surface area contributed by atoms with Crippen molar-refractivity contribution in [2.45, 2.75) is 84.0 Å². The van der Waals surface area contributed by atoms with Crippen LogP contribution < -0.4 is 10.7 Å². The lowest BCUT2D eigenvalue weighted by Gasteiger charge is -2.07. The minimum atomic E-state index is -0.197. The maximum absolute atomic E-state index is 11.5. The summed E-state index contributed by atoms with van der Waals surface area (Å²) in [4.78, 5) is 12.9. The number of carbonyl (C=O) groups is 1. The second-order valence-electron chi connectivity index (χ2n) is 6.21. The molecule has 0 aromatic carbocycles. The third kappa shape index (κ3) is 11.7. The predicted octanol–water partition coefficient (Wildman–Crippen LogP) is 4.84. The van der Waals surface area contributed by atoms with Gasteiger partial charge < -0.3 is 5.32 Å². The average Bonchev–Trinajstić information content (AvgIpc) is 3.04. The van der Waals surface area contributed by atoms with Gasteiger partial charge in [0.25, 0.3) is 0 Å². The van der Waals surface area contributed by atoms with E-state index in [1.165, 1.54) is 75.4 Å². The van der Waals surface area contributed by atoms with Crippen molar-refractivity contribution in [2.75, 3.05) is 12.0 Å². The highest BCUT2D eigenvalue weighted by molar-refractivity contribution is 5.81. The molecule has 0 bridgehead atoms. The fourth-order valence-corrected chi connectivity index (χ4v) is 2.65. The van der Waals surface area contributed by atoms with Crippen molar-refractivity contribution in [1.82, 2.24) is 15.2 Å². The maximum Gasteiger partial charge on any atom is 0.335 e. The van der Waals surface area contributed by atoms with Crippen LogP contribution in [0, 0.1) is 0 Å². The SMILES string of the molecule is CCCCCCCCCCCCCCNC(=O)Nn1cccn1. The first-order valence-corrected chi connectivity index (χ1v) is 9.37. The third-order valence-corrected chi connectivity index (χ3v) is 4.04. The van der Waals surface area contributed by atoms with Crippen LogP contribution in [0.15, 0.2) is 18.5 Å². The average molecular weight is 322 g/mol. The Kier molecular flexibility index (Phi) is 12.0. The van der Waals surface area contributed by atoms with E-state index >= 15 is 0 Å². The Morgan fingerprint density at radius 1 is 0.913 bits per heavy atom. The second kappa shape index (κ2) is 14.1. The van der Waals surface area contributed by atoms with Crippen LogP contribution in [-0.4, -0.2) is 22.5 Å². The van der Waals surface area contributed by atoms with Gasteiger partial charge in [0.05, 0.1) is 6.20 Å². The van der Waals surface area contributed by atoms with Gasteiger partial charge in [0.2, 0.25) is 0 Å². The number of aromatic nitrogens is 2. The van der Waals surface area contributed by atoms with Crippen molar-refractivity contribution in [1.29, 1.82) is 0 Å². The lowest BCUT2D eigenvalue weighted by atomic mass is 10.1. The Morgan fingerprint density at radius 2 is 1.48 bits per heavy atom. The molecule has 0 atom stereocenters. The predicted molar refractivity (Wildman–Crippen MR) is 96.1 cm³/mol. The van der Waals surface area contributed by atoms with Crippen LogP contribution >= 0.6 is 0 Å². The number of amides is 2. The van der Waals surface area contributed by atoms with Crippen molar-refractivity contribution in [2.24, 2.45) is 0 Å². The summed E-state index contributed by atoms with van der Waals surface area (Å²) in [5, 5.41) is 6.76. The van der Waals surface area contributed by atoms with E-state index in [-0.39, 0.29) is 6.03 Å². The van der Waals surface area contributed by atoms with E-state index in [2.05, 4.69) is 22.8 Å². The summed E-state index contributed by atoms with van der Waals surface area (Å²) in [5.41, 5.74) is 2.62. The molecule has 0 fully saturated rings. The first-order valence-electron chi connectivity index (χ1n) is 9.37. The Morgan fingerprint density at radius 3 is 2.00 bits per heavy atom. The van der Waals surface area contributed by atoms with Gasteiger partial charge in [-0.2, -0.15) is 9.89 Å². The molecule has 0 radical (unpaired) electrons. The Bertz CT molecular complexity index is 378. The maximum atomic E-state index is 11.5. The number of nitrogens with one attached hydrogen (secondary N) is 2. The van der Waals surface area contributed by atoms with Crippen molar-refractivity contribution >= 4 is 6.03 Å². The molecule has 132 valence electrons. The molecule has 0 spiro atoms.